The topological polar surface area (TPSA) is 12.0 Å². The summed E-state index contributed by atoms with van der Waals surface area (Å²) in [4.78, 5) is 0. The fraction of sp³-hybridized carbons (Fsp3) is 0.867. The lowest BCUT2D eigenvalue weighted by Crippen LogP contribution is -2.44. The van der Waals surface area contributed by atoms with Crippen molar-refractivity contribution >= 4 is 0 Å². The number of nitrogens with one attached hydrogen (secondary N) is 1. The lowest BCUT2D eigenvalue weighted by atomic mass is 9.56. The molecule has 1 heterocycles. The van der Waals surface area contributed by atoms with E-state index in [1.807, 2.05) is 0 Å². The Labute approximate surface area is 99.7 Å². The van der Waals surface area contributed by atoms with E-state index >= 15 is 0 Å². The van der Waals surface area contributed by atoms with Crippen LogP contribution in [-0.2, 0) is 0 Å². The van der Waals surface area contributed by atoms with Crippen molar-refractivity contribution < 1.29 is 0 Å². The molecule has 0 spiro atoms. The number of hydrogen-bond acceptors (Lipinski definition) is 1. The van der Waals surface area contributed by atoms with Crippen LogP contribution in [0.3, 0.4) is 0 Å². The van der Waals surface area contributed by atoms with Gasteiger partial charge in [0.2, 0.25) is 0 Å². The number of rotatable bonds is 1. The van der Waals surface area contributed by atoms with Crippen molar-refractivity contribution in [1.29, 1.82) is 0 Å². The van der Waals surface area contributed by atoms with Crippen LogP contribution in [-0.4, -0.2) is 13.1 Å². The first-order valence-corrected chi connectivity index (χ1v) is 6.88. The third-order valence-corrected chi connectivity index (χ3v) is 6.65. The van der Waals surface area contributed by atoms with Crippen LogP contribution >= 0.6 is 0 Å². The Morgan fingerprint density at radius 1 is 1.38 bits per heavy atom. The average Bonchev–Trinajstić information content (AvgIpc) is 2.76. The van der Waals surface area contributed by atoms with Gasteiger partial charge in [0.15, 0.2) is 0 Å². The molecule has 4 unspecified atom stereocenters. The largest absolute Gasteiger partial charge is 0.316 e. The van der Waals surface area contributed by atoms with Crippen molar-refractivity contribution in [3.05, 3.63) is 11.6 Å². The van der Waals surface area contributed by atoms with Crippen LogP contribution in [0.25, 0.3) is 0 Å². The van der Waals surface area contributed by atoms with Crippen molar-refractivity contribution in [1.82, 2.24) is 5.32 Å². The van der Waals surface area contributed by atoms with Crippen LogP contribution in [0.1, 0.15) is 47.0 Å². The molecule has 1 aliphatic heterocycles. The Morgan fingerprint density at radius 3 is 2.81 bits per heavy atom. The summed E-state index contributed by atoms with van der Waals surface area (Å²) >= 11 is 0. The van der Waals surface area contributed by atoms with Crippen molar-refractivity contribution in [2.45, 2.75) is 47.0 Å². The van der Waals surface area contributed by atoms with Gasteiger partial charge in [-0.1, -0.05) is 39.3 Å². The van der Waals surface area contributed by atoms with Crippen LogP contribution in [0.4, 0.5) is 0 Å². The summed E-state index contributed by atoms with van der Waals surface area (Å²) in [5.74, 6) is 0.901. The molecule has 1 N–H and O–H groups in total. The molecular formula is C15H25N. The molecule has 16 heavy (non-hydrogen) atoms. The fourth-order valence-corrected chi connectivity index (χ4v) is 5.29. The molecular weight excluding hydrogens is 194 g/mol. The monoisotopic (exact) mass is 219 g/mol. The fourth-order valence-electron chi connectivity index (χ4n) is 5.29. The van der Waals surface area contributed by atoms with Gasteiger partial charge in [-0.3, -0.25) is 0 Å². The van der Waals surface area contributed by atoms with Gasteiger partial charge >= 0.3 is 0 Å². The Kier molecular flexibility index (Phi) is 1.98. The van der Waals surface area contributed by atoms with Gasteiger partial charge in [0.1, 0.15) is 0 Å². The molecule has 1 heteroatoms. The summed E-state index contributed by atoms with van der Waals surface area (Å²) in [6, 6.07) is 0. The third kappa shape index (κ3) is 0.895. The van der Waals surface area contributed by atoms with Crippen LogP contribution in [0.15, 0.2) is 11.6 Å². The summed E-state index contributed by atoms with van der Waals surface area (Å²) in [6.45, 7) is 12.4. The molecule has 0 aromatic carbocycles. The Balaban J connectivity index is 2.13. The molecule has 2 aliphatic carbocycles. The number of fused-ring (bicyclic) bond motifs is 3. The lowest BCUT2D eigenvalue weighted by Gasteiger charge is -2.47. The summed E-state index contributed by atoms with van der Waals surface area (Å²) in [6.07, 6.45) is 6.54. The maximum absolute atomic E-state index is 3.64. The number of hydrogen-bond donors (Lipinski definition) is 1. The Hall–Kier alpha value is -0.300. The number of allylic oxidation sites excluding steroid dienone is 2. The van der Waals surface area contributed by atoms with Crippen LogP contribution in [0.2, 0.25) is 0 Å². The van der Waals surface area contributed by atoms with Gasteiger partial charge in [-0.05, 0) is 42.6 Å². The van der Waals surface area contributed by atoms with E-state index in [9.17, 15) is 0 Å². The standard InChI is InChI=1S/C15H25N/c1-5-11-6-7-13(2)8-12-9-16-10-14(12,3)15(11,13)4/h6,12,16H,5,7-10H2,1-4H3. The van der Waals surface area contributed by atoms with Gasteiger partial charge in [0.25, 0.3) is 0 Å². The molecule has 2 fully saturated rings. The normalized spacial score (nSPS) is 55.0. The first kappa shape index (κ1) is 10.8. The quantitative estimate of drug-likeness (QED) is 0.667. The van der Waals surface area contributed by atoms with Gasteiger partial charge in [0, 0.05) is 12.0 Å². The minimum atomic E-state index is 0.447. The third-order valence-electron chi connectivity index (χ3n) is 6.65. The lowest BCUT2D eigenvalue weighted by molar-refractivity contribution is 0.0631. The van der Waals surface area contributed by atoms with E-state index in [0.717, 1.165) is 5.92 Å². The van der Waals surface area contributed by atoms with E-state index in [1.165, 1.54) is 32.4 Å². The molecule has 0 bridgehead atoms. The highest BCUT2D eigenvalue weighted by atomic mass is 15.0. The summed E-state index contributed by atoms with van der Waals surface area (Å²) in [5, 5.41) is 3.64. The molecule has 1 nitrogen and oxygen atoms in total. The van der Waals surface area contributed by atoms with Crippen molar-refractivity contribution in [3.63, 3.8) is 0 Å². The first-order chi connectivity index (χ1) is 7.48. The molecule has 0 aromatic rings. The second kappa shape index (κ2) is 2.93. The zero-order valence-electron chi connectivity index (χ0n) is 11.2. The first-order valence-electron chi connectivity index (χ1n) is 6.88. The van der Waals surface area contributed by atoms with Gasteiger partial charge in [0.05, 0.1) is 0 Å². The van der Waals surface area contributed by atoms with Crippen molar-refractivity contribution in [3.8, 4) is 0 Å². The van der Waals surface area contributed by atoms with Gasteiger partial charge < -0.3 is 5.32 Å². The van der Waals surface area contributed by atoms with Gasteiger partial charge in [-0.15, -0.1) is 0 Å². The second-order valence-corrected chi connectivity index (χ2v) is 6.92. The van der Waals surface area contributed by atoms with E-state index in [0.29, 0.717) is 16.2 Å². The molecule has 1 saturated carbocycles. The molecule has 90 valence electrons. The maximum atomic E-state index is 3.64. The molecule has 3 aliphatic rings. The van der Waals surface area contributed by atoms with E-state index in [4.69, 9.17) is 0 Å². The summed E-state index contributed by atoms with van der Waals surface area (Å²) < 4.78 is 0. The molecule has 3 rings (SSSR count). The SMILES string of the molecule is CCC1=CCC2(C)CC3CNCC3(C)C12C. The highest BCUT2D eigenvalue weighted by Gasteiger charge is 2.68. The minimum Gasteiger partial charge on any atom is -0.316 e. The second-order valence-electron chi connectivity index (χ2n) is 6.92. The molecule has 0 amide bonds. The van der Waals surface area contributed by atoms with Crippen LogP contribution in [0.5, 0.6) is 0 Å². The van der Waals surface area contributed by atoms with Crippen molar-refractivity contribution in [2.75, 3.05) is 13.1 Å². The van der Waals surface area contributed by atoms with Crippen molar-refractivity contribution in [2.24, 2.45) is 22.2 Å². The smallest absolute Gasteiger partial charge is 0.00170 e. The zero-order chi connectivity index (χ0) is 11.6. The van der Waals surface area contributed by atoms with E-state index in [2.05, 4.69) is 39.1 Å². The van der Waals surface area contributed by atoms with Crippen LogP contribution < -0.4 is 5.32 Å². The van der Waals surface area contributed by atoms with Gasteiger partial charge in [-0.2, -0.15) is 0 Å². The van der Waals surface area contributed by atoms with Crippen LogP contribution in [0, 0.1) is 22.2 Å². The molecule has 0 radical (unpaired) electrons. The summed E-state index contributed by atoms with van der Waals surface area (Å²) in [5.41, 5.74) is 3.23. The van der Waals surface area contributed by atoms with E-state index in [1.54, 1.807) is 5.57 Å². The maximum Gasteiger partial charge on any atom is 0.00170 e. The van der Waals surface area contributed by atoms with E-state index in [-0.39, 0.29) is 0 Å². The molecule has 0 aromatic heterocycles. The predicted molar refractivity (Wildman–Crippen MR) is 68.3 cm³/mol. The highest BCUT2D eigenvalue weighted by molar-refractivity contribution is 5.34. The van der Waals surface area contributed by atoms with E-state index < -0.39 is 0 Å². The highest BCUT2D eigenvalue weighted by Crippen LogP contribution is 2.73. The zero-order valence-corrected chi connectivity index (χ0v) is 11.2. The van der Waals surface area contributed by atoms with Gasteiger partial charge in [-0.25, -0.2) is 0 Å². The molecule has 1 saturated heterocycles. The predicted octanol–water partition coefficient (Wildman–Crippen LogP) is 3.37. The average molecular weight is 219 g/mol. The minimum absolute atomic E-state index is 0.447. The Bertz CT molecular complexity index is 358. The molecule has 4 atom stereocenters. The Morgan fingerprint density at radius 2 is 2.12 bits per heavy atom. The summed E-state index contributed by atoms with van der Waals surface area (Å²) in [7, 11) is 0.